The second-order valence-corrected chi connectivity index (χ2v) is 5.15. The van der Waals surface area contributed by atoms with Crippen molar-refractivity contribution < 1.29 is 13.2 Å². The Morgan fingerprint density at radius 1 is 1.35 bits per heavy atom. The molecule has 0 amide bonds. The number of hydrogen-bond donors (Lipinski definition) is 1. The SMILES string of the molecule is CC(C)NCCc1nnc2c(Cl)cc(C(F)(F)F)cn12. The fourth-order valence-corrected chi connectivity index (χ4v) is 2.04. The molecule has 2 heterocycles. The van der Waals surface area contributed by atoms with Crippen LogP contribution in [0.3, 0.4) is 0 Å². The first-order chi connectivity index (χ1) is 9.29. The normalized spacial score (nSPS) is 12.6. The van der Waals surface area contributed by atoms with Gasteiger partial charge in [0, 0.05) is 25.2 Å². The van der Waals surface area contributed by atoms with Gasteiger partial charge in [0.15, 0.2) is 5.65 Å². The van der Waals surface area contributed by atoms with Crippen LogP contribution in [0, 0.1) is 0 Å². The summed E-state index contributed by atoms with van der Waals surface area (Å²) in [7, 11) is 0. The van der Waals surface area contributed by atoms with E-state index in [0.29, 0.717) is 24.8 Å². The Bertz CT molecular complexity index is 607. The van der Waals surface area contributed by atoms with Crippen molar-refractivity contribution in [1.82, 2.24) is 19.9 Å². The van der Waals surface area contributed by atoms with E-state index < -0.39 is 11.7 Å². The van der Waals surface area contributed by atoms with Gasteiger partial charge in [-0.2, -0.15) is 13.2 Å². The molecule has 110 valence electrons. The van der Waals surface area contributed by atoms with Gasteiger partial charge in [0.05, 0.1) is 10.6 Å². The Morgan fingerprint density at radius 3 is 2.65 bits per heavy atom. The van der Waals surface area contributed by atoms with E-state index in [1.54, 1.807) is 0 Å². The molecule has 0 bridgehead atoms. The highest BCUT2D eigenvalue weighted by atomic mass is 35.5. The zero-order chi connectivity index (χ0) is 14.9. The Morgan fingerprint density at radius 2 is 2.05 bits per heavy atom. The molecule has 0 unspecified atom stereocenters. The van der Waals surface area contributed by atoms with Crippen LogP contribution >= 0.6 is 11.6 Å². The fourth-order valence-electron chi connectivity index (χ4n) is 1.80. The number of aromatic nitrogens is 3. The second-order valence-electron chi connectivity index (χ2n) is 4.74. The molecule has 0 aromatic carbocycles. The van der Waals surface area contributed by atoms with Gasteiger partial charge in [0.1, 0.15) is 5.82 Å². The zero-order valence-electron chi connectivity index (χ0n) is 11.0. The minimum atomic E-state index is -4.45. The quantitative estimate of drug-likeness (QED) is 0.944. The third-order valence-corrected chi connectivity index (χ3v) is 3.04. The van der Waals surface area contributed by atoms with Crippen molar-refractivity contribution in [2.24, 2.45) is 0 Å². The molecule has 1 N–H and O–H groups in total. The lowest BCUT2D eigenvalue weighted by molar-refractivity contribution is -0.137. The van der Waals surface area contributed by atoms with Crippen LogP contribution in [0.15, 0.2) is 12.3 Å². The summed E-state index contributed by atoms with van der Waals surface area (Å²) in [6.45, 7) is 4.58. The van der Waals surface area contributed by atoms with Crippen molar-refractivity contribution in [2.75, 3.05) is 6.54 Å². The molecule has 0 saturated heterocycles. The second kappa shape index (κ2) is 5.57. The summed E-state index contributed by atoms with van der Waals surface area (Å²) < 4.78 is 39.6. The van der Waals surface area contributed by atoms with Crippen molar-refractivity contribution in [3.8, 4) is 0 Å². The van der Waals surface area contributed by atoms with Crippen LogP contribution in [0.25, 0.3) is 5.65 Å². The number of nitrogens with one attached hydrogen (secondary N) is 1. The van der Waals surface area contributed by atoms with Crippen molar-refractivity contribution in [2.45, 2.75) is 32.5 Å². The van der Waals surface area contributed by atoms with Crippen molar-refractivity contribution in [3.05, 3.63) is 28.7 Å². The number of rotatable bonds is 4. The van der Waals surface area contributed by atoms with E-state index in [1.165, 1.54) is 4.40 Å². The van der Waals surface area contributed by atoms with E-state index in [1.807, 2.05) is 13.8 Å². The number of hydrogen-bond acceptors (Lipinski definition) is 3. The summed E-state index contributed by atoms with van der Waals surface area (Å²) in [6, 6.07) is 1.16. The molecule has 0 atom stereocenters. The standard InChI is InChI=1S/C12H14ClF3N4/c1-7(2)17-4-3-10-18-19-11-9(13)5-8(6-20(10)11)12(14,15)16/h5-7,17H,3-4H2,1-2H3. The first-order valence-corrected chi connectivity index (χ1v) is 6.50. The maximum absolute atomic E-state index is 12.8. The monoisotopic (exact) mass is 306 g/mol. The van der Waals surface area contributed by atoms with Gasteiger partial charge < -0.3 is 5.32 Å². The van der Waals surface area contributed by atoms with Crippen LogP contribution in [0.2, 0.25) is 5.02 Å². The molecule has 0 aliphatic rings. The van der Waals surface area contributed by atoms with E-state index in [0.717, 1.165) is 12.3 Å². The molecule has 0 spiro atoms. The minimum absolute atomic E-state index is 0.0598. The van der Waals surface area contributed by atoms with E-state index in [-0.39, 0.29) is 10.7 Å². The molecular weight excluding hydrogens is 293 g/mol. The highest BCUT2D eigenvalue weighted by Crippen LogP contribution is 2.32. The maximum Gasteiger partial charge on any atom is 0.417 e. The average molecular weight is 307 g/mol. The fraction of sp³-hybridized carbons (Fsp3) is 0.500. The average Bonchev–Trinajstić information content (AvgIpc) is 2.71. The van der Waals surface area contributed by atoms with Crippen molar-refractivity contribution in [1.29, 1.82) is 0 Å². The molecule has 0 saturated carbocycles. The van der Waals surface area contributed by atoms with Gasteiger partial charge >= 0.3 is 6.18 Å². The Hall–Kier alpha value is -1.34. The molecule has 0 fully saturated rings. The van der Waals surface area contributed by atoms with E-state index >= 15 is 0 Å². The third-order valence-electron chi connectivity index (χ3n) is 2.76. The number of nitrogens with zero attached hydrogens (tertiary/aromatic N) is 3. The highest BCUT2D eigenvalue weighted by Gasteiger charge is 2.32. The third kappa shape index (κ3) is 3.21. The van der Waals surface area contributed by atoms with Gasteiger partial charge in [0.2, 0.25) is 0 Å². The summed E-state index contributed by atoms with van der Waals surface area (Å²) in [4.78, 5) is 0. The van der Waals surface area contributed by atoms with Gasteiger partial charge in [-0.15, -0.1) is 10.2 Å². The number of halogens is 4. The Labute approximate surface area is 118 Å². The molecule has 20 heavy (non-hydrogen) atoms. The molecule has 8 heteroatoms. The van der Waals surface area contributed by atoms with Gasteiger partial charge in [0.25, 0.3) is 0 Å². The van der Waals surface area contributed by atoms with Gasteiger partial charge in [-0.1, -0.05) is 25.4 Å². The minimum Gasteiger partial charge on any atom is -0.314 e. The molecule has 0 radical (unpaired) electrons. The highest BCUT2D eigenvalue weighted by molar-refractivity contribution is 6.33. The smallest absolute Gasteiger partial charge is 0.314 e. The molecule has 2 aromatic heterocycles. The first kappa shape index (κ1) is 15.1. The summed E-state index contributed by atoms with van der Waals surface area (Å²) in [5, 5.41) is 10.8. The lowest BCUT2D eigenvalue weighted by atomic mass is 10.2. The van der Waals surface area contributed by atoms with E-state index in [2.05, 4.69) is 15.5 Å². The van der Waals surface area contributed by atoms with Crippen molar-refractivity contribution >= 4 is 17.2 Å². The lowest BCUT2D eigenvalue weighted by Crippen LogP contribution is -2.25. The number of pyridine rings is 1. The van der Waals surface area contributed by atoms with Crippen molar-refractivity contribution in [3.63, 3.8) is 0 Å². The largest absolute Gasteiger partial charge is 0.417 e. The first-order valence-electron chi connectivity index (χ1n) is 6.13. The lowest BCUT2D eigenvalue weighted by Gasteiger charge is -2.09. The molecular formula is C12H14ClF3N4. The molecule has 4 nitrogen and oxygen atoms in total. The summed E-state index contributed by atoms with van der Waals surface area (Å²) in [5.41, 5.74) is -0.577. The Kier molecular flexibility index (Phi) is 4.19. The van der Waals surface area contributed by atoms with E-state index in [9.17, 15) is 13.2 Å². The molecule has 0 aliphatic carbocycles. The van der Waals surface area contributed by atoms with Crippen LogP contribution in [0.5, 0.6) is 0 Å². The molecule has 0 aliphatic heterocycles. The predicted octanol–water partition coefficient (Wildman–Crippen LogP) is 2.94. The van der Waals surface area contributed by atoms with Gasteiger partial charge in [-0.3, -0.25) is 4.40 Å². The topological polar surface area (TPSA) is 42.2 Å². The Balaban J connectivity index is 2.35. The van der Waals surface area contributed by atoms with Gasteiger partial charge in [-0.25, -0.2) is 0 Å². The van der Waals surface area contributed by atoms with Crippen LogP contribution < -0.4 is 5.32 Å². The van der Waals surface area contributed by atoms with Crippen LogP contribution in [0.4, 0.5) is 13.2 Å². The predicted molar refractivity (Wildman–Crippen MR) is 69.8 cm³/mol. The summed E-state index contributed by atoms with van der Waals surface area (Å²) in [6.07, 6.45) is -3.00. The zero-order valence-corrected chi connectivity index (χ0v) is 11.8. The number of alkyl halides is 3. The maximum atomic E-state index is 12.8. The van der Waals surface area contributed by atoms with Crippen LogP contribution in [0.1, 0.15) is 25.2 Å². The number of fused-ring (bicyclic) bond motifs is 1. The van der Waals surface area contributed by atoms with Gasteiger partial charge in [-0.05, 0) is 6.07 Å². The molecule has 2 rings (SSSR count). The van der Waals surface area contributed by atoms with E-state index in [4.69, 9.17) is 11.6 Å². The van der Waals surface area contributed by atoms with Crippen LogP contribution in [-0.4, -0.2) is 27.2 Å². The summed E-state index contributed by atoms with van der Waals surface area (Å²) >= 11 is 5.83. The summed E-state index contributed by atoms with van der Waals surface area (Å²) in [5.74, 6) is 0.446. The van der Waals surface area contributed by atoms with Crippen LogP contribution in [-0.2, 0) is 12.6 Å². The molecule has 2 aromatic rings.